The molecule has 2 aromatic carbocycles. The van der Waals surface area contributed by atoms with Gasteiger partial charge in [0.2, 0.25) is 0 Å². The van der Waals surface area contributed by atoms with Crippen molar-refractivity contribution in [1.29, 1.82) is 0 Å². The smallest absolute Gasteiger partial charge is 1.00 e. The average Bonchev–Trinajstić information content (AvgIpc) is 2.70. The molecule has 0 aromatic heterocycles. The fraction of sp³-hybridized carbons (Fsp3) is 0.429. The third-order valence-electron chi connectivity index (χ3n) is 4.75. The van der Waals surface area contributed by atoms with Crippen LogP contribution in [0.3, 0.4) is 0 Å². The van der Waals surface area contributed by atoms with Gasteiger partial charge in [0.1, 0.15) is 0 Å². The van der Waals surface area contributed by atoms with Crippen molar-refractivity contribution in [1.82, 2.24) is 0 Å². The molecule has 0 saturated carbocycles. The summed E-state index contributed by atoms with van der Waals surface area (Å²) in [7, 11) is 0. The first kappa shape index (κ1) is 21.8. The Hall–Kier alpha value is -0.266. The van der Waals surface area contributed by atoms with Gasteiger partial charge in [-0.15, -0.1) is 0 Å². The first-order chi connectivity index (χ1) is 10.1. The molecule has 0 N–H and O–H groups in total. The fourth-order valence-corrected chi connectivity index (χ4v) is 3.94. The van der Waals surface area contributed by atoms with Crippen LogP contribution in [0.4, 0.5) is 0 Å². The Kier molecular flexibility index (Phi) is 6.49. The van der Waals surface area contributed by atoms with Crippen molar-refractivity contribution < 1.29 is 45.2 Å². The molecule has 1 aliphatic carbocycles. The summed E-state index contributed by atoms with van der Waals surface area (Å²) in [5.41, 5.74) is 9.12. The largest absolute Gasteiger partial charge is 1.00 e. The van der Waals surface area contributed by atoms with Crippen LogP contribution >= 0.6 is 0 Å². The van der Waals surface area contributed by atoms with Gasteiger partial charge in [0.15, 0.2) is 0 Å². The number of fused-ring (bicyclic) bond motifs is 3. The maximum absolute atomic E-state index is 2.43. The van der Waals surface area contributed by atoms with E-state index in [4.69, 9.17) is 0 Å². The molecule has 24 heavy (non-hydrogen) atoms. The van der Waals surface area contributed by atoms with Crippen molar-refractivity contribution in [2.45, 2.75) is 56.6 Å². The minimum absolute atomic E-state index is 0. The van der Waals surface area contributed by atoms with Crippen LogP contribution in [0.25, 0.3) is 11.1 Å². The molecule has 0 heterocycles. The topological polar surface area (TPSA) is 0 Å². The van der Waals surface area contributed by atoms with E-state index in [9.17, 15) is 0 Å². The molecule has 0 fully saturated rings. The number of rotatable bonds is 0. The minimum Gasteiger partial charge on any atom is -1.00 e. The molecule has 0 bridgehead atoms. The molecule has 1 aliphatic rings. The SMILES string of the molecule is CC(C)(C)c1ccc2c(c1)[CH]([Ti+2])c1cc(C(C)(C)C)ccc1-2.[Cl-].[Cl-]. The molecule has 0 nitrogen and oxygen atoms in total. The summed E-state index contributed by atoms with van der Waals surface area (Å²) in [6.45, 7) is 13.7. The van der Waals surface area contributed by atoms with Gasteiger partial charge in [-0.25, -0.2) is 0 Å². The van der Waals surface area contributed by atoms with E-state index in [1.54, 1.807) is 0 Å². The molecule has 0 unspecified atom stereocenters. The Morgan fingerprint density at radius 2 is 1.00 bits per heavy atom. The van der Waals surface area contributed by atoms with E-state index in [-0.39, 0.29) is 35.6 Å². The molecule has 0 spiro atoms. The Bertz CT molecular complexity index is 673. The number of benzene rings is 2. The summed E-state index contributed by atoms with van der Waals surface area (Å²) in [5, 5.41) is 0. The van der Waals surface area contributed by atoms with E-state index in [0.29, 0.717) is 4.22 Å². The second-order valence-corrected chi connectivity index (χ2v) is 9.44. The molecule has 3 heteroatoms. The Morgan fingerprint density at radius 1 is 0.667 bits per heavy atom. The fourth-order valence-electron chi connectivity index (χ4n) is 3.19. The van der Waals surface area contributed by atoms with E-state index in [0.717, 1.165) is 0 Å². The van der Waals surface area contributed by atoms with Crippen LogP contribution in [-0.2, 0) is 31.3 Å². The normalized spacial score (nSPS) is 13.7. The van der Waals surface area contributed by atoms with Crippen molar-refractivity contribution >= 4 is 0 Å². The summed E-state index contributed by atoms with van der Waals surface area (Å²) in [5.74, 6) is 0. The van der Waals surface area contributed by atoms with Gasteiger partial charge in [-0.2, -0.15) is 0 Å². The van der Waals surface area contributed by atoms with Crippen LogP contribution in [-0.4, -0.2) is 0 Å². The predicted octanol–water partition coefficient (Wildman–Crippen LogP) is -0.0938. The summed E-state index contributed by atoms with van der Waals surface area (Å²) in [6, 6.07) is 14.1. The zero-order chi connectivity index (χ0) is 16.3. The van der Waals surface area contributed by atoms with Crippen molar-refractivity contribution in [2.75, 3.05) is 0 Å². The van der Waals surface area contributed by atoms with Crippen LogP contribution < -0.4 is 24.8 Å². The van der Waals surface area contributed by atoms with Crippen LogP contribution in [0, 0.1) is 0 Å². The molecular formula is C21H25Cl2Ti. The van der Waals surface area contributed by atoms with Crippen molar-refractivity contribution in [3.8, 4) is 11.1 Å². The van der Waals surface area contributed by atoms with Crippen LogP contribution in [0.1, 0.15) is 68.0 Å². The Labute approximate surface area is 171 Å². The molecule has 0 atom stereocenters. The molecule has 0 saturated heterocycles. The number of halogens is 2. The first-order valence-corrected chi connectivity index (χ1v) is 8.99. The number of hydrogen-bond donors (Lipinski definition) is 0. The summed E-state index contributed by atoms with van der Waals surface area (Å²) in [6.07, 6.45) is 0. The third-order valence-corrected chi connectivity index (χ3v) is 5.72. The minimum atomic E-state index is 0. The van der Waals surface area contributed by atoms with Crippen molar-refractivity contribution in [3.05, 3.63) is 58.7 Å². The standard InChI is InChI=1S/C21H25.2ClH.Ti/c1-20(2,3)16-7-9-18-14(12-16)11-15-13-17(21(4,5)6)8-10-19(15)18;;;/h7-13H,1-6H3;2*1H;/q;;;+2/p-2. The summed E-state index contributed by atoms with van der Waals surface area (Å²) < 4.78 is 0.495. The van der Waals surface area contributed by atoms with Gasteiger partial charge in [-0.05, 0) is 0 Å². The first-order valence-electron chi connectivity index (χ1n) is 8.09. The summed E-state index contributed by atoms with van der Waals surface area (Å²) in [4.78, 5) is 0. The van der Waals surface area contributed by atoms with Gasteiger partial charge in [-0.1, -0.05) is 0 Å². The Morgan fingerprint density at radius 3 is 1.29 bits per heavy atom. The zero-order valence-electron chi connectivity index (χ0n) is 15.3. The predicted molar refractivity (Wildman–Crippen MR) is 91.1 cm³/mol. The maximum Gasteiger partial charge on any atom is -1.00 e. The monoisotopic (exact) mass is 395 g/mol. The molecule has 0 radical (unpaired) electrons. The van der Waals surface area contributed by atoms with Crippen molar-refractivity contribution in [3.63, 3.8) is 0 Å². The molecule has 127 valence electrons. The van der Waals surface area contributed by atoms with Gasteiger partial charge >= 0.3 is 147 Å². The van der Waals surface area contributed by atoms with Crippen LogP contribution in [0.15, 0.2) is 36.4 Å². The second kappa shape index (κ2) is 7.16. The maximum atomic E-state index is 2.43. The van der Waals surface area contributed by atoms with Gasteiger partial charge in [-0.3, -0.25) is 0 Å². The molecule has 3 rings (SSSR count). The Balaban J connectivity index is 0.00000144. The van der Waals surface area contributed by atoms with E-state index in [1.807, 2.05) is 0 Å². The van der Waals surface area contributed by atoms with Gasteiger partial charge in [0, 0.05) is 0 Å². The quantitative estimate of drug-likeness (QED) is 0.547. The van der Waals surface area contributed by atoms with E-state index in [2.05, 4.69) is 98.4 Å². The molecule has 0 aliphatic heterocycles. The zero-order valence-corrected chi connectivity index (χ0v) is 18.4. The number of hydrogen-bond acceptors (Lipinski definition) is 0. The van der Waals surface area contributed by atoms with Crippen LogP contribution in [0.5, 0.6) is 0 Å². The molecule has 2 aromatic rings. The van der Waals surface area contributed by atoms with E-state index in [1.165, 1.54) is 33.4 Å². The van der Waals surface area contributed by atoms with Gasteiger partial charge < -0.3 is 24.8 Å². The van der Waals surface area contributed by atoms with Crippen LogP contribution in [0.2, 0.25) is 0 Å². The second-order valence-electron chi connectivity index (χ2n) is 8.54. The van der Waals surface area contributed by atoms with Gasteiger partial charge in [0.25, 0.3) is 0 Å². The molecular weight excluding hydrogens is 371 g/mol. The molecule has 0 amide bonds. The average molecular weight is 396 g/mol. The van der Waals surface area contributed by atoms with Gasteiger partial charge in [0.05, 0.1) is 0 Å². The van der Waals surface area contributed by atoms with E-state index >= 15 is 0 Å². The summed E-state index contributed by atoms with van der Waals surface area (Å²) >= 11 is 2.35. The van der Waals surface area contributed by atoms with Crippen molar-refractivity contribution in [2.24, 2.45) is 0 Å². The van der Waals surface area contributed by atoms with E-state index < -0.39 is 0 Å². The third kappa shape index (κ3) is 3.78.